The van der Waals surface area contributed by atoms with Crippen LogP contribution in [0.15, 0.2) is 0 Å². The van der Waals surface area contributed by atoms with Gasteiger partial charge >= 0.3 is 0 Å². The summed E-state index contributed by atoms with van der Waals surface area (Å²) in [5.41, 5.74) is 0. The van der Waals surface area contributed by atoms with Gasteiger partial charge in [-0.1, -0.05) is 0 Å². The van der Waals surface area contributed by atoms with Gasteiger partial charge in [0.2, 0.25) is 0 Å². The fourth-order valence-electron chi connectivity index (χ4n) is 3.30. The first-order valence-electron chi connectivity index (χ1n) is 6.22. The minimum Gasteiger partial charge on any atom is -0.395 e. The van der Waals surface area contributed by atoms with E-state index in [0.29, 0.717) is 24.7 Å². The van der Waals surface area contributed by atoms with Crippen molar-refractivity contribution in [1.29, 1.82) is 0 Å². The number of aliphatic hydroxyl groups is 1. The normalized spacial score (nSPS) is 42.0. The summed E-state index contributed by atoms with van der Waals surface area (Å²) < 4.78 is 5.39. The van der Waals surface area contributed by atoms with Crippen molar-refractivity contribution in [2.24, 2.45) is 11.8 Å². The van der Waals surface area contributed by atoms with Crippen LogP contribution < -0.4 is 5.32 Å². The predicted octanol–water partition coefficient (Wildman–Crippen LogP) is 1.16. The molecule has 88 valence electrons. The second kappa shape index (κ2) is 5.28. The van der Waals surface area contributed by atoms with E-state index >= 15 is 0 Å². The number of hydrogen-bond acceptors (Lipinski definition) is 3. The standard InChI is InChI=1S/C12H23NO2/c1-15-10-4-2-9(3-5-10)11-6-7-13-12(11)8-14/h9-14H,2-8H2,1H3/t9?,10?,11-,12+/m0/s1. The minimum atomic E-state index is 0.300. The molecular weight excluding hydrogens is 190 g/mol. The van der Waals surface area contributed by atoms with Crippen molar-refractivity contribution in [3.8, 4) is 0 Å². The summed E-state index contributed by atoms with van der Waals surface area (Å²) in [4.78, 5) is 0. The van der Waals surface area contributed by atoms with Gasteiger partial charge in [0, 0.05) is 13.2 Å². The molecule has 0 aromatic carbocycles. The first-order chi connectivity index (χ1) is 7.35. The zero-order chi connectivity index (χ0) is 10.7. The van der Waals surface area contributed by atoms with Gasteiger partial charge in [-0.2, -0.15) is 0 Å². The minimum absolute atomic E-state index is 0.300. The van der Waals surface area contributed by atoms with E-state index in [0.717, 1.165) is 12.5 Å². The molecule has 3 heteroatoms. The van der Waals surface area contributed by atoms with E-state index in [2.05, 4.69) is 5.32 Å². The number of hydrogen-bond donors (Lipinski definition) is 2. The molecule has 0 spiro atoms. The lowest BCUT2D eigenvalue weighted by Gasteiger charge is -2.33. The molecule has 0 radical (unpaired) electrons. The Kier molecular flexibility index (Phi) is 4.00. The molecule has 2 rings (SSSR count). The van der Waals surface area contributed by atoms with Crippen LogP contribution in [0.2, 0.25) is 0 Å². The molecule has 2 N–H and O–H groups in total. The molecule has 2 atom stereocenters. The second-order valence-electron chi connectivity index (χ2n) is 4.97. The van der Waals surface area contributed by atoms with E-state index in [1.807, 2.05) is 7.11 Å². The molecule has 1 aliphatic heterocycles. The maximum absolute atomic E-state index is 9.28. The Morgan fingerprint density at radius 3 is 2.53 bits per heavy atom. The average Bonchev–Trinajstić information content (AvgIpc) is 2.77. The van der Waals surface area contributed by atoms with E-state index in [1.54, 1.807) is 0 Å². The molecule has 3 nitrogen and oxygen atoms in total. The van der Waals surface area contributed by atoms with Crippen molar-refractivity contribution in [3.63, 3.8) is 0 Å². The number of rotatable bonds is 3. The first kappa shape index (κ1) is 11.4. The molecule has 1 saturated heterocycles. The Labute approximate surface area is 92.2 Å². The van der Waals surface area contributed by atoms with Gasteiger partial charge in [-0.15, -0.1) is 0 Å². The molecule has 1 aliphatic carbocycles. The van der Waals surface area contributed by atoms with Crippen molar-refractivity contribution < 1.29 is 9.84 Å². The third-order valence-corrected chi connectivity index (χ3v) is 4.26. The Morgan fingerprint density at radius 1 is 1.20 bits per heavy atom. The molecular formula is C12H23NO2. The predicted molar refractivity (Wildman–Crippen MR) is 59.7 cm³/mol. The zero-order valence-electron chi connectivity index (χ0n) is 9.61. The van der Waals surface area contributed by atoms with Gasteiger partial charge in [0.25, 0.3) is 0 Å². The summed E-state index contributed by atoms with van der Waals surface area (Å²) in [6.45, 7) is 1.38. The van der Waals surface area contributed by atoms with E-state index in [-0.39, 0.29) is 0 Å². The highest BCUT2D eigenvalue weighted by Crippen LogP contribution is 2.36. The zero-order valence-corrected chi connectivity index (χ0v) is 9.61. The summed E-state index contributed by atoms with van der Waals surface area (Å²) in [7, 11) is 1.82. The Bertz CT molecular complexity index is 190. The van der Waals surface area contributed by atoms with Crippen molar-refractivity contribution in [2.75, 3.05) is 20.3 Å². The Hall–Kier alpha value is -0.120. The van der Waals surface area contributed by atoms with E-state index in [4.69, 9.17) is 4.74 Å². The van der Waals surface area contributed by atoms with Gasteiger partial charge in [0.15, 0.2) is 0 Å². The van der Waals surface area contributed by atoms with Gasteiger partial charge in [-0.3, -0.25) is 0 Å². The first-order valence-corrected chi connectivity index (χ1v) is 6.22. The van der Waals surface area contributed by atoms with Crippen LogP contribution in [0.5, 0.6) is 0 Å². The lowest BCUT2D eigenvalue weighted by atomic mass is 9.76. The van der Waals surface area contributed by atoms with Gasteiger partial charge in [-0.25, -0.2) is 0 Å². The molecule has 0 bridgehead atoms. The molecule has 0 aromatic rings. The molecule has 0 unspecified atom stereocenters. The molecule has 15 heavy (non-hydrogen) atoms. The lowest BCUT2D eigenvalue weighted by Crippen LogP contribution is -2.36. The van der Waals surface area contributed by atoms with Crippen LogP contribution in [-0.4, -0.2) is 37.5 Å². The fourth-order valence-corrected chi connectivity index (χ4v) is 3.30. The van der Waals surface area contributed by atoms with Gasteiger partial charge in [0.1, 0.15) is 0 Å². The van der Waals surface area contributed by atoms with Crippen LogP contribution in [-0.2, 0) is 4.74 Å². The highest BCUT2D eigenvalue weighted by atomic mass is 16.5. The number of ether oxygens (including phenoxy) is 1. The summed E-state index contributed by atoms with van der Waals surface area (Å²) in [5.74, 6) is 1.51. The second-order valence-corrected chi connectivity index (χ2v) is 4.97. The van der Waals surface area contributed by atoms with Crippen molar-refractivity contribution in [1.82, 2.24) is 5.32 Å². The summed E-state index contributed by atoms with van der Waals surface area (Å²) >= 11 is 0. The van der Waals surface area contributed by atoms with Gasteiger partial charge in [0.05, 0.1) is 12.7 Å². The van der Waals surface area contributed by atoms with Crippen molar-refractivity contribution in [3.05, 3.63) is 0 Å². The number of nitrogens with one attached hydrogen (secondary N) is 1. The number of aliphatic hydroxyl groups excluding tert-OH is 1. The molecule has 2 aliphatic rings. The van der Waals surface area contributed by atoms with Crippen LogP contribution in [0, 0.1) is 11.8 Å². The molecule has 0 aromatic heterocycles. The molecule has 0 amide bonds. The molecule has 1 heterocycles. The maximum atomic E-state index is 9.28. The summed E-state index contributed by atoms with van der Waals surface area (Å²) in [6.07, 6.45) is 6.70. The van der Waals surface area contributed by atoms with Crippen LogP contribution in [0.4, 0.5) is 0 Å². The smallest absolute Gasteiger partial charge is 0.0587 e. The third kappa shape index (κ3) is 2.52. The summed E-state index contributed by atoms with van der Waals surface area (Å²) in [6, 6.07) is 0.356. The van der Waals surface area contributed by atoms with E-state index < -0.39 is 0 Å². The SMILES string of the molecule is COC1CCC([C@@H]2CCN[C@@H]2CO)CC1. The maximum Gasteiger partial charge on any atom is 0.0587 e. The van der Waals surface area contributed by atoms with Crippen LogP contribution in [0.25, 0.3) is 0 Å². The van der Waals surface area contributed by atoms with Crippen LogP contribution in [0.3, 0.4) is 0 Å². The Morgan fingerprint density at radius 2 is 1.93 bits per heavy atom. The van der Waals surface area contributed by atoms with Crippen LogP contribution >= 0.6 is 0 Å². The number of methoxy groups -OCH3 is 1. The van der Waals surface area contributed by atoms with Crippen molar-refractivity contribution >= 4 is 0 Å². The highest BCUT2D eigenvalue weighted by Gasteiger charge is 2.35. The highest BCUT2D eigenvalue weighted by molar-refractivity contribution is 4.89. The van der Waals surface area contributed by atoms with E-state index in [1.165, 1.54) is 32.1 Å². The third-order valence-electron chi connectivity index (χ3n) is 4.26. The van der Waals surface area contributed by atoms with Gasteiger partial charge in [-0.05, 0) is 50.5 Å². The van der Waals surface area contributed by atoms with Gasteiger partial charge < -0.3 is 15.2 Å². The van der Waals surface area contributed by atoms with Crippen molar-refractivity contribution in [2.45, 2.75) is 44.2 Å². The van der Waals surface area contributed by atoms with E-state index in [9.17, 15) is 5.11 Å². The molecule has 2 fully saturated rings. The monoisotopic (exact) mass is 213 g/mol. The lowest BCUT2D eigenvalue weighted by molar-refractivity contribution is 0.0422. The fraction of sp³-hybridized carbons (Fsp3) is 1.00. The van der Waals surface area contributed by atoms with Crippen LogP contribution in [0.1, 0.15) is 32.1 Å². The quantitative estimate of drug-likeness (QED) is 0.739. The summed E-state index contributed by atoms with van der Waals surface area (Å²) in [5, 5.41) is 12.7. The average molecular weight is 213 g/mol. The molecule has 1 saturated carbocycles. The largest absolute Gasteiger partial charge is 0.395 e. The Balaban J connectivity index is 1.84. The topological polar surface area (TPSA) is 41.5 Å².